The van der Waals surface area contributed by atoms with Crippen molar-refractivity contribution in [2.24, 2.45) is 12.8 Å². The SMILES string of the molecule is Cn1cnnc1SCCS(=O)(=O)c1ccc(C(=N)N)cc1. The molecule has 1 aromatic heterocycles. The third-order valence-corrected chi connectivity index (χ3v) is 5.80. The second-order valence-corrected chi connectivity index (χ2v) is 7.50. The number of sulfone groups is 1. The Labute approximate surface area is 127 Å². The quantitative estimate of drug-likeness (QED) is 0.458. The Balaban J connectivity index is 2.01. The molecule has 1 aromatic carbocycles. The van der Waals surface area contributed by atoms with Gasteiger partial charge in [0.1, 0.15) is 12.2 Å². The van der Waals surface area contributed by atoms with Crippen LogP contribution in [0.5, 0.6) is 0 Å². The molecule has 0 aliphatic rings. The molecule has 2 rings (SSSR count). The number of thioether (sulfide) groups is 1. The lowest BCUT2D eigenvalue weighted by Crippen LogP contribution is -2.12. The van der Waals surface area contributed by atoms with Gasteiger partial charge in [0.15, 0.2) is 15.0 Å². The zero-order valence-electron chi connectivity index (χ0n) is 11.4. The van der Waals surface area contributed by atoms with Crippen molar-refractivity contribution in [2.75, 3.05) is 11.5 Å². The molecule has 7 nitrogen and oxygen atoms in total. The predicted molar refractivity (Wildman–Crippen MR) is 81.2 cm³/mol. The van der Waals surface area contributed by atoms with Crippen LogP contribution in [0, 0.1) is 5.41 Å². The van der Waals surface area contributed by atoms with E-state index in [9.17, 15) is 8.42 Å². The third kappa shape index (κ3) is 3.82. The first kappa shape index (κ1) is 15.5. The Hall–Kier alpha value is -1.87. The lowest BCUT2D eigenvalue weighted by molar-refractivity contribution is 0.597. The van der Waals surface area contributed by atoms with Crippen LogP contribution in [0.1, 0.15) is 5.56 Å². The maximum absolute atomic E-state index is 12.2. The first-order valence-electron chi connectivity index (χ1n) is 6.04. The average Bonchev–Trinajstić information content (AvgIpc) is 2.84. The molecule has 0 unspecified atom stereocenters. The van der Waals surface area contributed by atoms with Gasteiger partial charge < -0.3 is 10.3 Å². The van der Waals surface area contributed by atoms with E-state index >= 15 is 0 Å². The van der Waals surface area contributed by atoms with Crippen molar-refractivity contribution in [3.63, 3.8) is 0 Å². The lowest BCUT2D eigenvalue weighted by Gasteiger charge is -2.05. The van der Waals surface area contributed by atoms with E-state index in [1.54, 1.807) is 17.9 Å². The normalized spacial score (nSPS) is 11.5. The van der Waals surface area contributed by atoms with E-state index in [1.807, 2.05) is 0 Å². The number of aromatic nitrogens is 3. The summed E-state index contributed by atoms with van der Waals surface area (Å²) in [4.78, 5) is 0.228. The van der Waals surface area contributed by atoms with Gasteiger partial charge in [-0.3, -0.25) is 5.41 Å². The molecule has 0 radical (unpaired) electrons. The molecule has 9 heteroatoms. The smallest absolute Gasteiger partial charge is 0.190 e. The number of aryl methyl sites for hydroxylation is 1. The first-order valence-corrected chi connectivity index (χ1v) is 8.68. The third-order valence-electron chi connectivity index (χ3n) is 2.78. The van der Waals surface area contributed by atoms with Crippen molar-refractivity contribution >= 4 is 27.4 Å². The summed E-state index contributed by atoms with van der Waals surface area (Å²) >= 11 is 1.34. The van der Waals surface area contributed by atoms with Gasteiger partial charge in [-0.15, -0.1) is 10.2 Å². The molecular weight excluding hydrogens is 310 g/mol. The second kappa shape index (κ2) is 6.27. The summed E-state index contributed by atoms with van der Waals surface area (Å²) in [5.74, 6) is 0.310. The van der Waals surface area contributed by atoms with Gasteiger partial charge in [0.2, 0.25) is 0 Å². The number of nitrogens with zero attached hydrogens (tertiary/aromatic N) is 3. The molecule has 3 N–H and O–H groups in total. The van der Waals surface area contributed by atoms with E-state index in [-0.39, 0.29) is 16.5 Å². The van der Waals surface area contributed by atoms with Crippen LogP contribution >= 0.6 is 11.8 Å². The molecule has 0 amide bonds. The summed E-state index contributed by atoms with van der Waals surface area (Å²) in [6.07, 6.45) is 1.57. The minimum absolute atomic E-state index is 0.00391. The Bertz CT molecular complexity index is 737. The Morgan fingerprint density at radius 1 is 1.38 bits per heavy atom. The van der Waals surface area contributed by atoms with Gasteiger partial charge in [0, 0.05) is 18.4 Å². The highest BCUT2D eigenvalue weighted by molar-refractivity contribution is 8.00. The molecule has 0 aliphatic heterocycles. The molecule has 0 saturated carbocycles. The van der Waals surface area contributed by atoms with Crippen molar-refractivity contribution in [1.29, 1.82) is 5.41 Å². The molecule has 0 spiro atoms. The van der Waals surface area contributed by atoms with Crippen molar-refractivity contribution in [3.8, 4) is 0 Å². The highest BCUT2D eigenvalue weighted by Crippen LogP contribution is 2.17. The Morgan fingerprint density at radius 3 is 2.57 bits per heavy atom. The van der Waals surface area contributed by atoms with Crippen LogP contribution in [0.2, 0.25) is 0 Å². The van der Waals surface area contributed by atoms with E-state index in [1.165, 1.54) is 36.0 Å². The van der Waals surface area contributed by atoms with Gasteiger partial charge >= 0.3 is 0 Å². The van der Waals surface area contributed by atoms with E-state index in [0.717, 1.165) is 0 Å². The number of hydrogen-bond acceptors (Lipinski definition) is 6. The minimum atomic E-state index is -3.36. The zero-order chi connectivity index (χ0) is 15.5. The van der Waals surface area contributed by atoms with Gasteiger partial charge in [-0.05, 0) is 12.1 Å². The van der Waals surface area contributed by atoms with E-state index in [2.05, 4.69) is 10.2 Å². The largest absolute Gasteiger partial charge is 0.384 e. The van der Waals surface area contributed by atoms with E-state index in [0.29, 0.717) is 16.5 Å². The number of hydrogen-bond donors (Lipinski definition) is 2. The van der Waals surface area contributed by atoms with Crippen LogP contribution in [-0.2, 0) is 16.9 Å². The topological polar surface area (TPSA) is 115 Å². The summed E-state index contributed by atoms with van der Waals surface area (Å²) < 4.78 is 26.1. The molecule has 2 aromatic rings. The van der Waals surface area contributed by atoms with Gasteiger partial charge in [0.25, 0.3) is 0 Å². The highest BCUT2D eigenvalue weighted by Gasteiger charge is 2.15. The van der Waals surface area contributed by atoms with Gasteiger partial charge in [-0.2, -0.15) is 0 Å². The van der Waals surface area contributed by atoms with Crippen LogP contribution in [0.4, 0.5) is 0 Å². The number of nitrogen functional groups attached to an aromatic ring is 1. The molecule has 0 bridgehead atoms. The maximum Gasteiger partial charge on any atom is 0.190 e. The van der Waals surface area contributed by atoms with Crippen molar-refractivity contribution in [3.05, 3.63) is 36.2 Å². The molecule has 0 saturated heterocycles. The summed E-state index contributed by atoms with van der Waals surface area (Å²) in [6.45, 7) is 0. The zero-order valence-corrected chi connectivity index (χ0v) is 13.0. The summed E-state index contributed by atoms with van der Waals surface area (Å²) in [5, 5.41) is 15.6. The fraction of sp³-hybridized carbons (Fsp3) is 0.250. The van der Waals surface area contributed by atoms with Crippen LogP contribution < -0.4 is 5.73 Å². The molecule has 1 heterocycles. The van der Waals surface area contributed by atoms with Crippen molar-refractivity contribution in [2.45, 2.75) is 10.1 Å². The first-order chi connectivity index (χ1) is 9.90. The summed E-state index contributed by atoms with van der Waals surface area (Å²) in [5.41, 5.74) is 5.84. The van der Waals surface area contributed by atoms with Crippen LogP contribution in [0.15, 0.2) is 40.6 Å². The highest BCUT2D eigenvalue weighted by atomic mass is 32.2. The summed E-state index contributed by atoms with van der Waals surface area (Å²) in [7, 11) is -1.56. The molecule has 21 heavy (non-hydrogen) atoms. The number of nitrogens with two attached hydrogens (primary N) is 1. The maximum atomic E-state index is 12.2. The van der Waals surface area contributed by atoms with Crippen LogP contribution in [0.3, 0.4) is 0 Å². The van der Waals surface area contributed by atoms with Crippen LogP contribution in [0.25, 0.3) is 0 Å². The van der Waals surface area contributed by atoms with Crippen molar-refractivity contribution in [1.82, 2.24) is 14.8 Å². The molecule has 0 fully saturated rings. The Morgan fingerprint density at radius 2 is 2.05 bits per heavy atom. The molecular formula is C12H15N5O2S2. The number of rotatable bonds is 6. The van der Waals surface area contributed by atoms with Gasteiger partial charge in [-0.25, -0.2) is 8.42 Å². The Kier molecular flexibility index (Phi) is 4.63. The molecule has 0 atom stereocenters. The lowest BCUT2D eigenvalue weighted by atomic mass is 10.2. The predicted octanol–water partition coefficient (Wildman–Crippen LogP) is 0.665. The van der Waals surface area contributed by atoms with Gasteiger partial charge in [-0.1, -0.05) is 23.9 Å². The molecule has 112 valence electrons. The number of amidine groups is 1. The molecule has 0 aliphatic carbocycles. The van der Waals surface area contributed by atoms with Crippen LogP contribution in [-0.4, -0.2) is 40.5 Å². The fourth-order valence-electron chi connectivity index (χ4n) is 1.61. The van der Waals surface area contributed by atoms with Gasteiger partial charge in [0.05, 0.1) is 10.6 Å². The summed E-state index contributed by atoms with van der Waals surface area (Å²) in [6, 6.07) is 6.01. The van der Waals surface area contributed by atoms with E-state index in [4.69, 9.17) is 11.1 Å². The number of nitrogens with one attached hydrogen (secondary N) is 1. The van der Waals surface area contributed by atoms with E-state index < -0.39 is 9.84 Å². The standard InChI is InChI=1S/C12H15N5O2S2/c1-17-8-15-16-12(17)20-6-7-21(18,19)10-4-2-9(3-5-10)11(13)14/h2-5,8H,6-7H2,1H3,(H3,13,14). The van der Waals surface area contributed by atoms with Crippen molar-refractivity contribution < 1.29 is 8.42 Å². The fourth-order valence-corrected chi connectivity index (χ4v) is 4.14. The average molecular weight is 325 g/mol. The number of benzene rings is 1. The second-order valence-electron chi connectivity index (χ2n) is 4.33. The monoisotopic (exact) mass is 325 g/mol. The minimum Gasteiger partial charge on any atom is -0.384 e.